The van der Waals surface area contributed by atoms with Crippen LogP contribution in [0.25, 0.3) is 0 Å². The molecule has 0 aromatic carbocycles. The molecule has 0 bridgehead atoms. The molecular formula is C9H17O9P. The number of rotatable bonds is 2. The first-order valence-electron chi connectivity index (χ1n) is 5.66. The van der Waals surface area contributed by atoms with E-state index in [0.717, 1.165) is 0 Å². The second kappa shape index (κ2) is 4.73. The third-order valence-electron chi connectivity index (χ3n) is 3.12. The van der Waals surface area contributed by atoms with Crippen molar-refractivity contribution in [3.63, 3.8) is 0 Å². The van der Waals surface area contributed by atoms with Crippen molar-refractivity contribution in [3.8, 4) is 0 Å². The van der Waals surface area contributed by atoms with Crippen LogP contribution in [0.4, 0.5) is 0 Å². The van der Waals surface area contributed by atoms with Crippen LogP contribution in [0.3, 0.4) is 0 Å². The van der Waals surface area contributed by atoms with Gasteiger partial charge in [0.1, 0.15) is 36.6 Å². The van der Waals surface area contributed by atoms with Crippen LogP contribution in [-0.4, -0.2) is 67.5 Å². The van der Waals surface area contributed by atoms with Crippen LogP contribution in [0, 0.1) is 0 Å². The smallest absolute Gasteiger partial charge is 0.387 e. The quantitative estimate of drug-likeness (QED) is 0.368. The summed E-state index contributed by atoms with van der Waals surface area (Å²) in [5.41, 5.74) is 0. The van der Waals surface area contributed by atoms with Crippen molar-refractivity contribution < 1.29 is 43.7 Å². The molecule has 1 aliphatic heterocycles. The summed E-state index contributed by atoms with van der Waals surface area (Å²) in [5.74, 6) is -1.13. The molecule has 5 N–H and O–H groups in total. The highest BCUT2D eigenvalue weighted by atomic mass is 31.2. The van der Waals surface area contributed by atoms with Crippen LogP contribution < -0.4 is 0 Å². The maximum atomic E-state index is 10.9. The van der Waals surface area contributed by atoms with Gasteiger partial charge in [0, 0.05) is 0 Å². The summed E-state index contributed by atoms with van der Waals surface area (Å²) in [6.07, 6.45) is -8.47. The maximum absolute atomic E-state index is 10.9. The van der Waals surface area contributed by atoms with Crippen molar-refractivity contribution in [3.05, 3.63) is 0 Å². The summed E-state index contributed by atoms with van der Waals surface area (Å²) >= 11 is 0. The van der Waals surface area contributed by atoms with Crippen molar-refractivity contribution in [2.75, 3.05) is 0 Å². The van der Waals surface area contributed by atoms with Crippen LogP contribution in [0.5, 0.6) is 0 Å². The number of ether oxygens (including phenoxy) is 2. The van der Waals surface area contributed by atoms with Gasteiger partial charge in [0.2, 0.25) is 0 Å². The molecule has 0 radical (unpaired) electrons. The molecule has 1 saturated heterocycles. The fraction of sp³-hybridized carbons (Fsp3) is 1.00. The first-order valence-corrected chi connectivity index (χ1v) is 7.19. The third-order valence-corrected chi connectivity index (χ3v) is 3.64. The lowest BCUT2D eigenvalue weighted by atomic mass is 9.85. The van der Waals surface area contributed by atoms with E-state index in [1.807, 2.05) is 0 Å². The van der Waals surface area contributed by atoms with Crippen LogP contribution in [0.1, 0.15) is 13.8 Å². The van der Waals surface area contributed by atoms with Gasteiger partial charge in [-0.25, -0.2) is 4.57 Å². The highest BCUT2D eigenvalue weighted by Crippen LogP contribution is 2.45. The van der Waals surface area contributed by atoms with Gasteiger partial charge < -0.3 is 34.6 Å². The van der Waals surface area contributed by atoms with Crippen molar-refractivity contribution in [1.29, 1.82) is 0 Å². The van der Waals surface area contributed by atoms with Gasteiger partial charge >= 0.3 is 7.82 Å². The fourth-order valence-electron chi connectivity index (χ4n) is 2.40. The predicted molar refractivity (Wildman–Crippen MR) is 58.8 cm³/mol. The minimum Gasteiger partial charge on any atom is -0.387 e. The van der Waals surface area contributed by atoms with E-state index in [-0.39, 0.29) is 0 Å². The van der Waals surface area contributed by atoms with Crippen molar-refractivity contribution in [1.82, 2.24) is 0 Å². The second-order valence-corrected chi connectivity index (χ2v) is 6.29. The van der Waals surface area contributed by atoms with E-state index in [0.29, 0.717) is 0 Å². The van der Waals surface area contributed by atoms with Crippen LogP contribution in [-0.2, 0) is 18.6 Å². The van der Waals surface area contributed by atoms with Crippen molar-refractivity contribution >= 4 is 7.82 Å². The van der Waals surface area contributed by atoms with E-state index in [4.69, 9.17) is 19.3 Å². The van der Waals surface area contributed by atoms with E-state index < -0.39 is 50.2 Å². The minimum absolute atomic E-state index is 1.05. The molecule has 2 rings (SSSR count). The SMILES string of the molecule is CC1(C)O[C@@H]2[C@H](OP(=O)(O)O)[C@H](O)[C@H](O)[C@H](O)[C@@H]2O1. The highest BCUT2D eigenvalue weighted by molar-refractivity contribution is 7.46. The molecule has 2 aliphatic rings. The Balaban J connectivity index is 2.28. The topological polar surface area (TPSA) is 146 Å². The Morgan fingerprint density at radius 3 is 2.05 bits per heavy atom. The van der Waals surface area contributed by atoms with Gasteiger partial charge in [0.25, 0.3) is 0 Å². The molecule has 19 heavy (non-hydrogen) atoms. The molecule has 0 spiro atoms. The van der Waals surface area contributed by atoms with Gasteiger partial charge in [-0.2, -0.15) is 0 Å². The largest absolute Gasteiger partial charge is 0.470 e. The van der Waals surface area contributed by atoms with Crippen molar-refractivity contribution in [2.45, 2.75) is 56.3 Å². The Morgan fingerprint density at radius 2 is 1.53 bits per heavy atom. The Morgan fingerprint density at radius 1 is 1.00 bits per heavy atom. The molecule has 0 unspecified atom stereocenters. The summed E-state index contributed by atoms with van der Waals surface area (Å²) < 4.78 is 26.1. The predicted octanol–water partition coefficient (Wildman–Crippen LogP) is -1.92. The minimum atomic E-state index is -4.90. The molecule has 112 valence electrons. The van der Waals surface area contributed by atoms with Gasteiger partial charge in [-0.15, -0.1) is 0 Å². The lowest BCUT2D eigenvalue weighted by Crippen LogP contribution is -2.63. The Labute approximate surface area is 109 Å². The normalized spacial score (nSPS) is 46.1. The van der Waals surface area contributed by atoms with E-state index in [1.165, 1.54) is 13.8 Å². The molecule has 1 saturated carbocycles. The number of phosphoric acid groups is 1. The first-order chi connectivity index (χ1) is 8.52. The Bertz CT molecular complexity index is 393. The summed E-state index contributed by atoms with van der Waals surface area (Å²) in [4.78, 5) is 17.7. The molecule has 0 aromatic heterocycles. The first kappa shape index (κ1) is 15.3. The summed E-state index contributed by atoms with van der Waals surface area (Å²) in [6.45, 7) is 3.07. The lowest BCUT2D eigenvalue weighted by molar-refractivity contribution is -0.188. The van der Waals surface area contributed by atoms with Gasteiger partial charge in [-0.05, 0) is 13.8 Å². The van der Waals surface area contributed by atoms with E-state index in [9.17, 15) is 19.9 Å². The highest BCUT2D eigenvalue weighted by Gasteiger charge is 2.59. The molecule has 10 heteroatoms. The molecule has 1 aliphatic carbocycles. The number of aliphatic hydroxyl groups excluding tert-OH is 3. The van der Waals surface area contributed by atoms with Gasteiger partial charge in [-0.3, -0.25) is 4.52 Å². The summed E-state index contributed by atoms with van der Waals surface area (Å²) in [5, 5.41) is 29.2. The summed E-state index contributed by atoms with van der Waals surface area (Å²) in [6, 6.07) is 0. The number of hydrogen-bond acceptors (Lipinski definition) is 7. The number of aliphatic hydroxyl groups is 3. The number of hydrogen-bond donors (Lipinski definition) is 5. The zero-order valence-corrected chi connectivity index (χ0v) is 11.2. The molecule has 2 fully saturated rings. The molecule has 0 aromatic rings. The van der Waals surface area contributed by atoms with E-state index in [2.05, 4.69) is 4.52 Å². The van der Waals surface area contributed by atoms with Crippen molar-refractivity contribution in [2.24, 2.45) is 0 Å². The number of fused-ring (bicyclic) bond motifs is 1. The second-order valence-electron chi connectivity index (χ2n) is 5.10. The molecule has 6 atom stereocenters. The molecular weight excluding hydrogens is 283 g/mol. The lowest BCUT2D eigenvalue weighted by Gasteiger charge is -2.40. The Hall–Kier alpha value is -0.0900. The maximum Gasteiger partial charge on any atom is 0.470 e. The molecule has 0 amide bonds. The van der Waals surface area contributed by atoms with E-state index in [1.54, 1.807) is 0 Å². The van der Waals surface area contributed by atoms with Crippen LogP contribution >= 0.6 is 7.82 Å². The van der Waals surface area contributed by atoms with Gasteiger partial charge in [0.05, 0.1) is 0 Å². The average molecular weight is 300 g/mol. The standard InChI is InChI=1S/C9H17O9P/c1-9(2)16-6-4(11)3(10)5(12)7(8(6)17-9)18-19(13,14)15/h3-8,10-12H,1-2H3,(H2,13,14,15)/t3-,4+,5-,6+,7-,8+/m1/s1. The average Bonchev–Trinajstić information content (AvgIpc) is 2.56. The number of phosphoric ester groups is 1. The fourth-order valence-corrected chi connectivity index (χ4v) is 2.96. The zero-order valence-electron chi connectivity index (χ0n) is 10.3. The third kappa shape index (κ3) is 2.99. The van der Waals surface area contributed by atoms with Crippen LogP contribution in [0.15, 0.2) is 0 Å². The molecule has 9 nitrogen and oxygen atoms in total. The Kier molecular flexibility index (Phi) is 3.81. The van der Waals surface area contributed by atoms with Gasteiger partial charge in [0.15, 0.2) is 5.79 Å². The van der Waals surface area contributed by atoms with Crippen LogP contribution in [0.2, 0.25) is 0 Å². The van der Waals surface area contributed by atoms with E-state index >= 15 is 0 Å². The molecule has 1 heterocycles. The monoisotopic (exact) mass is 300 g/mol. The summed E-state index contributed by atoms with van der Waals surface area (Å²) in [7, 11) is -4.90. The zero-order chi connectivity index (χ0) is 14.6. The van der Waals surface area contributed by atoms with Gasteiger partial charge in [-0.1, -0.05) is 0 Å².